The van der Waals surface area contributed by atoms with E-state index in [1.807, 2.05) is 69.3 Å². The van der Waals surface area contributed by atoms with Crippen LogP contribution in [0.4, 0.5) is 9.59 Å². The molecule has 0 spiro atoms. The Morgan fingerprint density at radius 2 is 1.69 bits per heavy atom. The minimum absolute atomic E-state index is 0.00670. The Hall–Kier alpha value is -4.76. The number of aromatic nitrogens is 1. The van der Waals surface area contributed by atoms with Crippen LogP contribution in [0.5, 0.6) is 0 Å². The lowest BCUT2D eigenvalue weighted by molar-refractivity contribution is -0.137. The first-order chi connectivity index (χ1) is 26.0. The highest BCUT2D eigenvalue weighted by Gasteiger charge is 2.41. The van der Waals surface area contributed by atoms with Crippen LogP contribution in [0, 0.1) is 18.3 Å². The summed E-state index contributed by atoms with van der Waals surface area (Å²) in [6, 6.07) is 12.2. The lowest BCUT2D eigenvalue weighted by Gasteiger charge is -2.36. The van der Waals surface area contributed by atoms with Crippen molar-refractivity contribution >= 4 is 29.9 Å². The zero-order valence-electron chi connectivity index (χ0n) is 33.4. The highest BCUT2D eigenvalue weighted by Crippen LogP contribution is 2.23. The van der Waals surface area contributed by atoms with Crippen molar-refractivity contribution in [3.63, 3.8) is 0 Å². The van der Waals surface area contributed by atoms with Gasteiger partial charge in [-0.05, 0) is 55.2 Å². The minimum Gasteiger partial charge on any atom is -0.481 e. The van der Waals surface area contributed by atoms with Crippen molar-refractivity contribution in [3.8, 4) is 0 Å². The first kappa shape index (κ1) is 44.6. The van der Waals surface area contributed by atoms with E-state index in [0.717, 1.165) is 17.0 Å². The SMILES string of the molecule is CC[C@H](C)[C@@H](C(=O)N[C@@H](Cc1ccccc1)[C@@H](O)CN(CCCCCC(=O)O)NC(=O)[C@@H](NC(=O)OC)C(C)(C)C)N1CCN(Cc2cccc(C)n2)C1=O. The number of aliphatic hydroxyl groups is 1. The van der Waals surface area contributed by atoms with Crippen molar-refractivity contribution in [1.29, 1.82) is 0 Å². The number of hydrazine groups is 1. The number of nitrogens with zero attached hydrogens (tertiary/aromatic N) is 4. The van der Waals surface area contributed by atoms with Gasteiger partial charge in [0.05, 0.1) is 31.5 Å². The third-order valence-electron chi connectivity index (χ3n) is 9.87. The maximum atomic E-state index is 14.4. The van der Waals surface area contributed by atoms with E-state index >= 15 is 0 Å². The number of carbonyl (C=O) groups excluding carboxylic acids is 4. The number of carbonyl (C=O) groups is 5. The van der Waals surface area contributed by atoms with Crippen LogP contribution >= 0.6 is 0 Å². The Morgan fingerprint density at radius 1 is 0.982 bits per heavy atom. The maximum absolute atomic E-state index is 14.4. The van der Waals surface area contributed by atoms with Crippen LogP contribution in [-0.4, -0.2) is 117 Å². The molecule has 0 bridgehead atoms. The molecule has 2 heterocycles. The summed E-state index contributed by atoms with van der Waals surface area (Å²) in [6.07, 6.45) is 0.406. The van der Waals surface area contributed by atoms with Crippen LogP contribution in [0.1, 0.15) is 83.7 Å². The number of hydrogen-bond donors (Lipinski definition) is 5. The second-order valence-corrected chi connectivity index (χ2v) is 15.4. The molecule has 1 aromatic heterocycles. The molecule has 15 nitrogen and oxygen atoms in total. The van der Waals surface area contributed by atoms with Gasteiger partial charge in [0, 0.05) is 38.3 Å². The largest absolute Gasteiger partial charge is 0.481 e. The lowest BCUT2D eigenvalue weighted by Crippen LogP contribution is -2.60. The highest BCUT2D eigenvalue weighted by atomic mass is 16.5. The van der Waals surface area contributed by atoms with Crippen molar-refractivity contribution in [2.75, 3.05) is 33.3 Å². The summed E-state index contributed by atoms with van der Waals surface area (Å²) in [5, 5.41) is 28.2. The molecule has 2 aromatic rings. The number of methoxy groups -OCH3 is 1. The molecule has 3 rings (SSSR count). The molecule has 15 heteroatoms. The molecule has 5 atom stereocenters. The first-order valence-electron chi connectivity index (χ1n) is 19.2. The third kappa shape index (κ3) is 14.1. The van der Waals surface area contributed by atoms with Gasteiger partial charge in [0.25, 0.3) is 5.91 Å². The number of nitrogens with one attached hydrogen (secondary N) is 3. The summed E-state index contributed by atoms with van der Waals surface area (Å²) in [6.45, 7) is 12.4. The number of amides is 5. The van der Waals surface area contributed by atoms with Crippen molar-refractivity contribution in [1.82, 2.24) is 35.9 Å². The van der Waals surface area contributed by atoms with Gasteiger partial charge in [0.15, 0.2) is 0 Å². The number of ether oxygens (including phenoxy) is 1. The van der Waals surface area contributed by atoms with Crippen LogP contribution in [0.2, 0.25) is 0 Å². The summed E-state index contributed by atoms with van der Waals surface area (Å²) in [4.78, 5) is 72.9. The Morgan fingerprint density at radius 3 is 2.31 bits per heavy atom. The van der Waals surface area contributed by atoms with Gasteiger partial charge >= 0.3 is 18.1 Å². The summed E-state index contributed by atoms with van der Waals surface area (Å²) in [7, 11) is 1.21. The summed E-state index contributed by atoms with van der Waals surface area (Å²) in [5.74, 6) is -2.02. The molecule has 0 unspecified atom stereocenters. The first-order valence-corrected chi connectivity index (χ1v) is 19.2. The van der Waals surface area contributed by atoms with Crippen molar-refractivity contribution < 1.29 is 38.9 Å². The van der Waals surface area contributed by atoms with Crippen LogP contribution in [0.25, 0.3) is 0 Å². The summed E-state index contributed by atoms with van der Waals surface area (Å²) < 4.78 is 4.75. The third-order valence-corrected chi connectivity index (χ3v) is 9.87. The van der Waals surface area contributed by atoms with Gasteiger partial charge in [0.1, 0.15) is 12.1 Å². The van der Waals surface area contributed by atoms with E-state index in [4.69, 9.17) is 9.84 Å². The monoisotopic (exact) mass is 767 g/mol. The number of unbranched alkanes of at least 4 members (excludes halogenated alkanes) is 2. The topological polar surface area (TPSA) is 194 Å². The Kier molecular flexibility index (Phi) is 17.3. The molecular weight excluding hydrogens is 706 g/mol. The molecule has 5 amide bonds. The normalized spacial score (nSPS) is 15.9. The van der Waals surface area contributed by atoms with Crippen molar-refractivity contribution in [3.05, 3.63) is 65.5 Å². The van der Waals surface area contributed by atoms with E-state index in [2.05, 4.69) is 21.0 Å². The Bertz CT molecular complexity index is 1570. The summed E-state index contributed by atoms with van der Waals surface area (Å²) >= 11 is 0. The van der Waals surface area contributed by atoms with Gasteiger partial charge < -0.3 is 35.4 Å². The smallest absolute Gasteiger partial charge is 0.407 e. The fraction of sp³-hybridized carbons (Fsp3) is 0.600. The molecule has 304 valence electrons. The highest BCUT2D eigenvalue weighted by molar-refractivity contribution is 5.88. The number of alkyl carbamates (subject to hydrolysis) is 1. The number of urea groups is 1. The predicted molar refractivity (Wildman–Crippen MR) is 207 cm³/mol. The molecule has 1 fully saturated rings. The minimum atomic E-state index is -1.21. The number of benzene rings is 1. The quantitative estimate of drug-likeness (QED) is 0.0920. The summed E-state index contributed by atoms with van der Waals surface area (Å²) in [5.41, 5.74) is 4.62. The number of rotatable bonds is 21. The number of aliphatic hydroxyl groups excluding tert-OH is 1. The van der Waals surface area contributed by atoms with Crippen molar-refractivity contribution in [2.24, 2.45) is 11.3 Å². The van der Waals surface area contributed by atoms with E-state index in [9.17, 15) is 29.1 Å². The fourth-order valence-corrected chi connectivity index (χ4v) is 6.61. The zero-order chi connectivity index (χ0) is 40.7. The fourth-order valence-electron chi connectivity index (χ4n) is 6.61. The average Bonchev–Trinajstić information content (AvgIpc) is 3.47. The Balaban J connectivity index is 1.87. The molecule has 55 heavy (non-hydrogen) atoms. The van der Waals surface area contributed by atoms with E-state index in [0.29, 0.717) is 45.3 Å². The number of hydrogen-bond acceptors (Lipinski definition) is 9. The second kappa shape index (κ2) is 21.4. The standard InChI is InChI=1S/C40H61N7O8/c1-8-27(2)34(47-23-22-45(39(47)54)25-30-19-15-16-28(3)41-30)36(51)42-31(24-29-17-11-9-12-18-29)32(48)26-46(21-14-10-13-20-33(49)50)44-37(52)35(40(4,5)6)43-38(53)55-7/h9,11-12,15-19,27,31-32,34-35,48H,8,10,13-14,20-26H2,1-7H3,(H,42,51)(H,43,53)(H,44,52)(H,49,50)/t27-,31-,32-,34-,35+/m0/s1. The Labute approximate surface area is 325 Å². The molecular formula is C40H61N7O8. The van der Waals surface area contributed by atoms with Crippen LogP contribution < -0.4 is 16.1 Å². The van der Waals surface area contributed by atoms with E-state index in [1.165, 1.54) is 7.11 Å². The second-order valence-electron chi connectivity index (χ2n) is 15.4. The maximum Gasteiger partial charge on any atom is 0.407 e. The zero-order valence-corrected chi connectivity index (χ0v) is 33.4. The number of carboxylic acids is 1. The van der Waals surface area contributed by atoms with Crippen molar-refractivity contribution in [2.45, 2.75) is 111 Å². The van der Waals surface area contributed by atoms with Gasteiger partial charge in [-0.3, -0.25) is 24.8 Å². The predicted octanol–water partition coefficient (Wildman–Crippen LogP) is 3.88. The van der Waals surface area contributed by atoms with Gasteiger partial charge in [-0.15, -0.1) is 0 Å². The number of carboxylic acid groups (broad SMARTS) is 1. The van der Waals surface area contributed by atoms with Gasteiger partial charge in [-0.1, -0.05) is 83.9 Å². The van der Waals surface area contributed by atoms with Crippen LogP contribution in [0.15, 0.2) is 48.5 Å². The van der Waals surface area contributed by atoms with Gasteiger partial charge in [-0.2, -0.15) is 0 Å². The lowest BCUT2D eigenvalue weighted by atomic mass is 9.86. The number of aliphatic carboxylic acids is 1. The van der Waals surface area contributed by atoms with E-state index < -0.39 is 53.5 Å². The number of aryl methyl sites for hydroxylation is 1. The molecule has 1 saturated heterocycles. The molecule has 0 radical (unpaired) electrons. The van der Waals surface area contributed by atoms with E-state index in [-0.39, 0.29) is 37.9 Å². The molecule has 0 saturated carbocycles. The number of pyridine rings is 1. The van der Waals surface area contributed by atoms with E-state index in [1.54, 1.807) is 35.6 Å². The van der Waals surface area contributed by atoms with Crippen LogP contribution in [-0.2, 0) is 32.1 Å². The van der Waals surface area contributed by atoms with Crippen LogP contribution in [0.3, 0.4) is 0 Å². The molecule has 1 aliphatic rings. The molecule has 1 aliphatic heterocycles. The van der Waals surface area contributed by atoms with Gasteiger partial charge in [0.2, 0.25) is 5.91 Å². The van der Waals surface area contributed by atoms with Gasteiger partial charge in [-0.25, -0.2) is 14.6 Å². The average molecular weight is 768 g/mol. The molecule has 1 aromatic carbocycles. The molecule has 0 aliphatic carbocycles. The molecule has 5 N–H and O–H groups in total.